The van der Waals surface area contributed by atoms with Crippen LogP contribution in [0.2, 0.25) is 5.02 Å². The summed E-state index contributed by atoms with van der Waals surface area (Å²) in [6, 6.07) is 11.8. The number of aromatic nitrogens is 3. The van der Waals surface area contributed by atoms with Crippen LogP contribution in [0.15, 0.2) is 59.7 Å². The Labute approximate surface area is 211 Å². The highest BCUT2D eigenvalue weighted by Gasteiger charge is 2.37. The number of halogens is 1. The van der Waals surface area contributed by atoms with Gasteiger partial charge in [-0.3, -0.25) is 14.5 Å². The Morgan fingerprint density at radius 3 is 2.49 bits per heavy atom. The van der Waals surface area contributed by atoms with Crippen LogP contribution in [0.25, 0.3) is 16.7 Å². The maximum absolute atomic E-state index is 13.1. The van der Waals surface area contributed by atoms with Gasteiger partial charge in [-0.1, -0.05) is 11.6 Å². The normalized spacial score (nSPS) is 17.1. The van der Waals surface area contributed by atoms with Gasteiger partial charge < -0.3 is 14.4 Å². The number of rotatable bonds is 4. The zero-order valence-electron chi connectivity index (χ0n) is 18.9. The van der Waals surface area contributed by atoms with Gasteiger partial charge in [0.2, 0.25) is 0 Å². The molecule has 2 aliphatic rings. The van der Waals surface area contributed by atoms with Crippen molar-refractivity contribution < 1.29 is 9.59 Å². The van der Waals surface area contributed by atoms with Crippen LogP contribution in [0.4, 0.5) is 0 Å². The topological polar surface area (TPSA) is 74.6 Å². The second-order valence-corrected chi connectivity index (χ2v) is 10.0. The number of pyridine rings is 1. The van der Waals surface area contributed by atoms with Gasteiger partial charge in [-0.2, -0.15) is 0 Å². The summed E-state index contributed by atoms with van der Waals surface area (Å²) in [6.07, 6.45) is 3.58. The highest BCUT2D eigenvalue weighted by molar-refractivity contribution is 7.07. The monoisotopic (exact) mass is 506 g/mol. The average Bonchev–Trinajstić information content (AvgIpc) is 3.54. The minimum absolute atomic E-state index is 0.00684. The summed E-state index contributed by atoms with van der Waals surface area (Å²) < 4.78 is 1.98. The van der Waals surface area contributed by atoms with E-state index in [-0.39, 0.29) is 11.8 Å². The van der Waals surface area contributed by atoms with Gasteiger partial charge in [0.25, 0.3) is 11.8 Å². The van der Waals surface area contributed by atoms with Crippen LogP contribution in [0, 0.1) is 0 Å². The van der Waals surface area contributed by atoms with Crippen LogP contribution in [0.1, 0.15) is 20.8 Å². The van der Waals surface area contributed by atoms with E-state index >= 15 is 0 Å². The standard InChI is InChI=1S/C25H23ClN6O2S/c26-19-2-4-23(27-12-19)32-6-5-17-11-18(1-3-22(17)32)24(33)31-13-20(14-31)29-7-9-30(10-8-29)25(34)21-15-35-16-28-21/h1-6,11-12,15-16,20H,7-10,13-14H2. The molecule has 0 unspecified atom stereocenters. The van der Waals surface area contributed by atoms with E-state index in [1.165, 1.54) is 11.3 Å². The van der Waals surface area contributed by atoms with Crippen LogP contribution in [0.3, 0.4) is 0 Å². The average molecular weight is 507 g/mol. The molecule has 35 heavy (non-hydrogen) atoms. The van der Waals surface area contributed by atoms with Gasteiger partial charge in [0.05, 0.1) is 16.0 Å². The summed E-state index contributed by atoms with van der Waals surface area (Å²) in [4.78, 5) is 40.3. The summed E-state index contributed by atoms with van der Waals surface area (Å²) >= 11 is 7.40. The third-order valence-electron chi connectivity index (χ3n) is 6.81. The van der Waals surface area contributed by atoms with Crippen molar-refractivity contribution in [2.24, 2.45) is 0 Å². The molecule has 0 aliphatic carbocycles. The lowest BCUT2D eigenvalue weighted by Gasteiger charge is -2.48. The SMILES string of the molecule is O=C(c1ccc2c(ccn2-c2ccc(Cl)cn2)c1)N1CC(N2CCN(C(=O)c3cscn3)CC2)C1. The van der Waals surface area contributed by atoms with E-state index in [0.717, 1.165) is 29.8 Å². The molecule has 178 valence electrons. The number of amides is 2. The summed E-state index contributed by atoms with van der Waals surface area (Å²) in [5.41, 5.74) is 3.90. The van der Waals surface area contributed by atoms with Crippen molar-refractivity contribution in [3.8, 4) is 5.82 Å². The van der Waals surface area contributed by atoms with Crippen molar-refractivity contribution in [3.63, 3.8) is 0 Å². The summed E-state index contributed by atoms with van der Waals surface area (Å²) in [5.74, 6) is 0.840. The number of carbonyl (C=O) groups excluding carboxylic acids is 2. The molecule has 0 radical (unpaired) electrons. The molecule has 2 amide bonds. The van der Waals surface area contributed by atoms with Gasteiger partial charge in [-0.15, -0.1) is 11.3 Å². The molecule has 2 aliphatic heterocycles. The minimum Gasteiger partial charge on any atom is -0.335 e. The predicted molar refractivity (Wildman–Crippen MR) is 135 cm³/mol. The summed E-state index contributed by atoms with van der Waals surface area (Å²) in [7, 11) is 0. The molecule has 1 aromatic carbocycles. The Balaban J connectivity index is 1.06. The Bertz CT molecular complexity index is 1370. The molecule has 2 saturated heterocycles. The largest absolute Gasteiger partial charge is 0.335 e. The number of benzene rings is 1. The molecule has 6 rings (SSSR count). The van der Waals surface area contributed by atoms with Crippen molar-refractivity contribution in [1.82, 2.24) is 29.2 Å². The molecule has 0 saturated carbocycles. The van der Waals surface area contributed by atoms with Gasteiger partial charge in [0.1, 0.15) is 11.5 Å². The molecular formula is C25H23ClN6O2S. The van der Waals surface area contributed by atoms with Gasteiger partial charge >= 0.3 is 0 Å². The predicted octanol–water partition coefficient (Wildman–Crippen LogP) is 3.42. The molecule has 0 spiro atoms. The molecule has 0 atom stereocenters. The van der Waals surface area contributed by atoms with E-state index < -0.39 is 0 Å². The number of hydrogen-bond acceptors (Lipinski definition) is 6. The molecule has 3 aromatic heterocycles. The second-order valence-electron chi connectivity index (χ2n) is 8.86. The highest BCUT2D eigenvalue weighted by atomic mass is 35.5. The molecular weight excluding hydrogens is 484 g/mol. The third-order valence-corrected chi connectivity index (χ3v) is 7.62. The lowest BCUT2D eigenvalue weighted by molar-refractivity contribution is 0.00845. The van der Waals surface area contributed by atoms with Crippen LogP contribution >= 0.6 is 22.9 Å². The van der Waals surface area contributed by atoms with Gasteiger partial charge in [-0.25, -0.2) is 9.97 Å². The number of nitrogens with zero attached hydrogens (tertiary/aromatic N) is 6. The molecule has 2 fully saturated rings. The van der Waals surface area contributed by atoms with Crippen molar-refractivity contribution in [1.29, 1.82) is 0 Å². The fourth-order valence-corrected chi connectivity index (χ4v) is 5.43. The highest BCUT2D eigenvalue weighted by Crippen LogP contribution is 2.25. The maximum Gasteiger partial charge on any atom is 0.273 e. The molecule has 10 heteroatoms. The molecule has 0 bridgehead atoms. The Kier molecular flexibility index (Phi) is 5.75. The lowest BCUT2D eigenvalue weighted by Crippen LogP contribution is -2.64. The van der Waals surface area contributed by atoms with Gasteiger partial charge in [-0.05, 0) is 36.4 Å². The summed E-state index contributed by atoms with van der Waals surface area (Å²) in [5, 5.41) is 3.38. The number of fused-ring (bicyclic) bond motifs is 1. The molecule has 4 aromatic rings. The second kappa shape index (κ2) is 9.07. The number of thiazole rings is 1. The fourth-order valence-electron chi connectivity index (χ4n) is 4.79. The first kappa shape index (κ1) is 22.2. The minimum atomic E-state index is 0.00684. The van der Waals surface area contributed by atoms with Crippen LogP contribution in [-0.2, 0) is 0 Å². The van der Waals surface area contributed by atoms with Crippen LogP contribution in [-0.4, -0.2) is 86.4 Å². The number of carbonyl (C=O) groups is 2. The zero-order chi connectivity index (χ0) is 23.9. The van der Waals surface area contributed by atoms with Crippen molar-refractivity contribution >= 4 is 45.7 Å². The van der Waals surface area contributed by atoms with Crippen LogP contribution in [0.5, 0.6) is 0 Å². The lowest BCUT2D eigenvalue weighted by atomic mass is 10.0. The smallest absolute Gasteiger partial charge is 0.273 e. The van der Waals surface area contributed by atoms with E-state index in [0.29, 0.717) is 48.5 Å². The van der Waals surface area contributed by atoms with E-state index in [1.807, 2.05) is 57.0 Å². The third kappa shape index (κ3) is 4.20. The zero-order valence-corrected chi connectivity index (χ0v) is 20.5. The number of piperazine rings is 1. The quantitative estimate of drug-likeness (QED) is 0.424. The molecule has 8 nitrogen and oxygen atoms in total. The van der Waals surface area contributed by atoms with Crippen molar-refractivity contribution in [2.75, 3.05) is 39.3 Å². The first-order valence-corrected chi connectivity index (χ1v) is 12.8. The van der Waals surface area contributed by atoms with E-state index in [9.17, 15) is 9.59 Å². The van der Waals surface area contributed by atoms with E-state index in [1.54, 1.807) is 17.1 Å². The first-order chi connectivity index (χ1) is 17.1. The Morgan fingerprint density at radius 1 is 0.943 bits per heavy atom. The summed E-state index contributed by atoms with van der Waals surface area (Å²) in [6.45, 7) is 4.45. The number of likely N-dealkylation sites (tertiary alicyclic amines) is 1. The maximum atomic E-state index is 13.1. The Morgan fingerprint density at radius 2 is 1.77 bits per heavy atom. The molecule has 5 heterocycles. The van der Waals surface area contributed by atoms with Gasteiger partial charge in [0, 0.05) is 74.0 Å². The number of hydrogen-bond donors (Lipinski definition) is 0. The van der Waals surface area contributed by atoms with E-state index in [2.05, 4.69) is 14.9 Å². The first-order valence-electron chi connectivity index (χ1n) is 11.5. The Hall–Kier alpha value is -3.27. The fraction of sp³-hybridized carbons (Fsp3) is 0.280. The van der Waals surface area contributed by atoms with E-state index in [4.69, 9.17) is 11.6 Å². The van der Waals surface area contributed by atoms with Gasteiger partial charge in [0.15, 0.2) is 0 Å². The molecule has 0 N–H and O–H groups in total. The van der Waals surface area contributed by atoms with Crippen molar-refractivity contribution in [3.05, 3.63) is 76.0 Å². The van der Waals surface area contributed by atoms with Crippen LogP contribution < -0.4 is 0 Å². The van der Waals surface area contributed by atoms with Crippen molar-refractivity contribution in [2.45, 2.75) is 6.04 Å².